The predicted molar refractivity (Wildman–Crippen MR) is 61.5 cm³/mol. The molecule has 0 aromatic carbocycles. The van der Waals surface area contributed by atoms with E-state index in [2.05, 4.69) is 29.2 Å². The number of aromatic nitrogens is 1. The Kier molecular flexibility index (Phi) is 4.51. The highest BCUT2D eigenvalue weighted by Crippen LogP contribution is 2.09. The number of nitrogens with zero attached hydrogens (tertiary/aromatic N) is 2. The maximum absolute atomic E-state index is 5.87. The van der Waals surface area contributed by atoms with E-state index in [0.29, 0.717) is 0 Å². The zero-order valence-electron chi connectivity index (χ0n) is 9.16. The van der Waals surface area contributed by atoms with Crippen molar-refractivity contribution >= 4 is 11.3 Å². The number of rotatable bonds is 5. The van der Waals surface area contributed by atoms with Gasteiger partial charge in [-0.1, -0.05) is 6.92 Å². The zero-order chi connectivity index (χ0) is 10.6. The number of hydrogen-bond acceptors (Lipinski definition) is 4. The summed E-state index contributed by atoms with van der Waals surface area (Å²) in [4.78, 5) is 6.64. The first-order valence-electron chi connectivity index (χ1n) is 4.97. The minimum atomic E-state index is 0.278. The number of nitrogens with two attached hydrogens (primary N) is 1. The third-order valence-corrected chi connectivity index (χ3v) is 2.99. The Morgan fingerprint density at radius 1 is 1.64 bits per heavy atom. The van der Waals surface area contributed by atoms with Gasteiger partial charge in [0.2, 0.25) is 0 Å². The van der Waals surface area contributed by atoms with Gasteiger partial charge in [0, 0.05) is 24.5 Å². The Labute approximate surface area is 89.9 Å². The Balaban J connectivity index is 2.37. The van der Waals surface area contributed by atoms with Crippen LogP contribution >= 0.6 is 11.3 Å². The monoisotopic (exact) mass is 213 g/mol. The Morgan fingerprint density at radius 3 is 2.86 bits per heavy atom. The van der Waals surface area contributed by atoms with Crippen LogP contribution in [0.5, 0.6) is 0 Å². The molecule has 1 heterocycles. The van der Waals surface area contributed by atoms with Crippen LogP contribution in [0.15, 0.2) is 5.38 Å². The molecule has 0 bridgehead atoms. The van der Waals surface area contributed by atoms with Crippen molar-refractivity contribution in [1.29, 1.82) is 0 Å². The van der Waals surface area contributed by atoms with Gasteiger partial charge in [-0.15, -0.1) is 11.3 Å². The van der Waals surface area contributed by atoms with Gasteiger partial charge in [-0.05, 0) is 20.4 Å². The zero-order valence-corrected chi connectivity index (χ0v) is 9.97. The highest BCUT2D eigenvalue weighted by Gasteiger charge is 2.06. The van der Waals surface area contributed by atoms with Crippen LogP contribution in [0, 0.1) is 6.92 Å². The SMILES string of the molecule is CCC(N)CN(C)Cc1csc(C)n1. The van der Waals surface area contributed by atoms with E-state index in [1.54, 1.807) is 11.3 Å². The van der Waals surface area contributed by atoms with Gasteiger partial charge in [0.25, 0.3) is 0 Å². The third kappa shape index (κ3) is 3.74. The standard InChI is InChI=1S/C10H19N3S/c1-4-9(11)5-13(3)6-10-7-14-8(2)12-10/h7,9H,4-6,11H2,1-3H3. The Hall–Kier alpha value is -0.450. The second-order valence-electron chi connectivity index (χ2n) is 3.72. The summed E-state index contributed by atoms with van der Waals surface area (Å²) in [6, 6.07) is 0.278. The summed E-state index contributed by atoms with van der Waals surface area (Å²) in [7, 11) is 2.09. The lowest BCUT2D eigenvalue weighted by Crippen LogP contribution is -2.34. The van der Waals surface area contributed by atoms with E-state index < -0.39 is 0 Å². The summed E-state index contributed by atoms with van der Waals surface area (Å²) in [5.41, 5.74) is 7.02. The molecule has 1 unspecified atom stereocenters. The van der Waals surface area contributed by atoms with Crippen molar-refractivity contribution in [2.45, 2.75) is 32.9 Å². The highest BCUT2D eigenvalue weighted by atomic mass is 32.1. The molecule has 80 valence electrons. The van der Waals surface area contributed by atoms with Gasteiger partial charge in [0.05, 0.1) is 10.7 Å². The molecule has 14 heavy (non-hydrogen) atoms. The van der Waals surface area contributed by atoms with Crippen LogP contribution < -0.4 is 5.73 Å². The van der Waals surface area contributed by atoms with Crippen molar-refractivity contribution in [3.63, 3.8) is 0 Å². The first kappa shape index (κ1) is 11.6. The molecule has 0 fully saturated rings. The quantitative estimate of drug-likeness (QED) is 0.808. The van der Waals surface area contributed by atoms with Crippen molar-refractivity contribution in [2.24, 2.45) is 5.73 Å². The summed E-state index contributed by atoms with van der Waals surface area (Å²) in [5, 5.41) is 3.25. The average molecular weight is 213 g/mol. The van der Waals surface area contributed by atoms with E-state index in [1.807, 2.05) is 6.92 Å². The van der Waals surface area contributed by atoms with E-state index in [1.165, 1.54) is 0 Å². The molecule has 0 amide bonds. The number of likely N-dealkylation sites (N-methyl/N-ethyl adjacent to an activating group) is 1. The van der Waals surface area contributed by atoms with Crippen LogP contribution in [0.25, 0.3) is 0 Å². The summed E-state index contributed by atoms with van der Waals surface area (Å²) >= 11 is 1.70. The minimum Gasteiger partial charge on any atom is -0.327 e. The topological polar surface area (TPSA) is 42.1 Å². The van der Waals surface area contributed by atoms with Gasteiger partial charge in [0.15, 0.2) is 0 Å². The van der Waals surface area contributed by atoms with E-state index >= 15 is 0 Å². The molecule has 0 aliphatic heterocycles. The van der Waals surface area contributed by atoms with Gasteiger partial charge in [-0.3, -0.25) is 4.90 Å². The van der Waals surface area contributed by atoms with Crippen LogP contribution in [0.4, 0.5) is 0 Å². The second kappa shape index (κ2) is 5.44. The normalized spacial score (nSPS) is 13.5. The van der Waals surface area contributed by atoms with E-state index in [0.717, 1.165) is 30.2 Å². The van der Waals surface area contributed by atoms with Crippen LogP contribution in [0.2, 0.25) is 0 Å². The van der Waals surface area contributed by atoms with E-state index in [9.17, 15) is 0 Å². The van der Waals surface area contributed by atoms with Crippen LogP contribution in [0.3, 0.4) is 0 Å². The summed E-state index contributed by atoms with van der Waals surface area (Å²) in [6.45, 7) is 5.99. The van der Waals surface area contributed by atoms with Gasteiger partial charge >= 0.3 is 0 Å². The molecule has 0 aliphatic carbocycles. The van der Waals surface area contributed by atoms with Crippen molar-refractivity contribution in [1.82, 2.24) is 9.88 Å². The highest BCUT2D eigenvalue weighted by molar-refractivity contribution is 7.09. The predicted octanol–water partition coefficient (Wildman–Crippen LogP) is 1.62. The average Bonchev–Trinajstić information content (AvgIpc) is 2.50. The Bertz CT molecular complexity index is 272. The summed E-state index contributed by atoms with van der Waals surface area (Å²) in [5.74, 6) is 0. The summed E-state index contributed by atoms with van der Waals surface area (Å²) < 4.78 is 0. The van der Waals surface area contributed by atoms with Gasteiger partial charge in [-0.2, -0.15) is 0 Å². The molecule has 1 aromatic rings. The largest absolute Gasteiger partial charge is 0.327 e. The summed E-state index contributed by atoms with van der Waals surface area (Å²) in [6.07, 6.45) is 1.03. The molecular weight excluding hydrogens is 194 g/mol. The molecule has 1 atom stereocenters. The smallest absolute Gasteiger partial charge is 0.0897 e. The second-order valence-corrected chi connectivity index (χ2v) is 4.79. The molecule has 0 aliphatic rings. The number of aryl methyl sites for hydroxylation is 1. The lowest BCUT2D eigenvalue weighted by Gasteiger charge is -2.19. The molecule has 1 aromatic heterocycles. The molecule has 1 rings (SSSR count). The number of hydrogen-bond donors (Lipinski definition) is 1. The maximum atomic E-state index is 5.87. The van der Waals surface area contributed by atoms with Crippen molar-refractivity contribution in [2.75, 3.05) is 13.6 Å². The fraction of sp³-hybridized carbons (Fsp3) is 0.700. The fourth-order valence-electron chi connectivity index (χ4n) is 1.35. The molecule has 0 radical (unpaired) electrons. The minimum absolute atomic E-state index is 0.278. The van der Waals surface area contributed by atoms with Crippen molar-refractivity contribution < 1.29 is 0 Å². The van der Waals surface area contributed by atoms with Crippen LogP contribution in [-0.4, -0.2) is 29.5 Å². The van der Waals surface area contributed by atoms with Gasteiger partial charge < -0.3 is 5.73 Å². The lowest BCUT2D eigenvalue weighted by molar-refractivity contribution is 0.297. The molecule has 4 heteroatoms. The number of thiazole rings is 1. The van der Waals surface area contributed by atoms with Crippen LogP contribution in [0.1, 0.15) is 24.0 Å². The molecule has 0 spiro atoms. The first-order chi connectivity index (χ1) is 6.61. The van der Waals surface area contributed by atoms with Gasteiger partial charge in [0.1, 0.15) is 0 Å². The van der Waals surface area contributed by atoms with E-state index in [-0.39, 0.29) is 6.04 Å². The molecule has 0 saturated carbocycles. The first-order valence-corrected chi connectivity index (χ1v) is 5.85. The van der Waals surface area contributed by atoms with Gasteiger partial charge in [-0.25, -0.2) is 4.98 Å². The Morgan fingerprint density at radius 2 is 2.36 bits per heavy atom. The van der Waals surface area contributed by atoms with Crippen molar-refractivity contribution in [3.05, 3.63) is 16.1 Å². The maximum Gasteiger partial charge on any atom is 0.0897 e. The lowest BCUT2D eigenvalue weighted by atomic mass is 10.2. The van der Waals surface area contributed by atoms with E-state index in [4.69, 9.17) is 5.73 Å². The molecule has 3 nitrogen and oxygen atoms in total. The molecule has 2 N–H and O–H groups in total. The fourth-order valence-corrected chi connectivity index (χ4v) is 1.96. The van der Waals surface area contributed by atoms with Crippen LogP contribution in [-0.2, 0) is 6.54 Å². The molecule has 0 saturated heterocycles. The van der Waals surface area contributed by atoms with Crippen molar-refractivity contribution in [3.8, 4) is 0 Å². The molecular formula is C10H19N3S. The third-order valence-electron chi connectivity index (χ3n) is 2.17.